The number of thiazole rings is 1. The Balaban J connectivity index is 2.50. The van der Waals surface area contributed by atoms with Crippen LogP contribution in [0.4, 0.5) is 4.39 Å². The van der Waals surface area contributed by atoms with E-state index in [0.29, 0.717) is 10.4 Å². The van der Waals surface area contributed by atoms with Crippen LogP contribution in [0.2, 0.25) is 0 Å². The van der Waals surface area contributed by atoms with E-state index in [4.69, 9.17) is 9.84 Å². The van der Waals surface area contributed by atoms with Gasteiger partial charge in [-0.25, -0.2) is 14.2 Å². The highest BCUT2D eigenvalue weighted by Crippen LogP contribution is 2.30. The van der Waals surface area contributed by atoms with Gasteiger partial charge in [-0.05, 0) is 23.8 Å². The fourth-order valence-corrected chi connectivity index (χ4v) is 2.19. The van der Waals surface area contributed by atoms with Gasteiger partial charge in [0.15, 0.2) is 17.3 Å². The summed E-state index contributed by atoms with van der Waals surface area (Å²) < 4.78 is 18.3. The predicted molar refractivity (Wildman–Crippen MR) is 61.0 cm³/mol. The molecule has 0 bridgehead atoms. The predicted octanol–water partition coefficient (Wildman–Crippen LogP) is 2.66. The second-order valence-electron chi connectivity index (χ2n) is 3.18. The lowest BCUT2D eigenvalue weighted by molar-refractivity contribution is 0.0692. The van der Waals surface area contributed by atoms with Gasteiger partial charge in [0.25, 0.3) is 0 Å². The van der Waals surface area contributed by atoms with E-state index in [1.807, 2.05) is 0 Å². The number of rotatable bonds is 3. The number of ether oxygens (including phenoxy) is 1. The van der Waals surface area contributed by atoms with Crippen LogP contribution in [0.25, 0.3) is 10.4 Å². The smallest absolute Gasteiger partial charge is 0.356 e. The largest absolute Gasteiger partial charge is 0.494 e. The van der Waals surface area contributed by atoms with Crippen molar-refractivity contribution in [3.8, 4) is 16.2 Å². The Bertz CT molecular complexity index is 568. The SMILES string of the molecule is COc1ccc(-c2scnc2C(=O)O)cc1F. The third-order valence-electron chi connectivity index (χ3n) is 2.18. The fraction of sp³-hybridized carbons (Fsp3) is 0.0909. The number of carboxylic acid groups (broad SMARTS) is 1. The lowest BCUT2D eigenvalue weighted by Crippen LogP contribution is -1.98. The molecule has 1 N–H and O–H groups in total. The topological polar surface area (TPSA) is 59.4 Å². The number of halogens is 1. The molecule has 0 atom stereocenters. The Morgan fingerprint density at radius 3 is 2.88 bits per heavy atom. The normalized spacial score (nSPS) is 10.2. The molecule has 0 saturated carbocycles. The van der Waals surface area contributed by atoms with Crippen molar-refractivity contribution in [3.63, 3.8) is 0 Å². The van der Waals surface area contributed by atoms with E-state index in [-0.39, 0.29) is 11.4 Å². The van der Waals surface area contributed by atoms with Gasteiger partial charge in [-0.15, -0.1) is 11.3 Å². The number of nitrogens with zero attached hydrogens (tertiary/aromatic N) is 1. The van der Waals surface area contributed by atoms with Crippen LogP contribution in [-0.4, -0.2) is 23.2 Å². The fourth-order valence-electron chi connectivity index (χ4n) is 1.41. The van der Waals surface area contributed by atoms with Crippen molar-refractivity contribution in [2.24, 2.45) is 0 Å². The van der Waals surface area contributed by atoms with E-state index in [2.05, 4.69) is 4.98 Å². The molecule has 17 heavy (non-hydrogen) atoms. The number of aromatic carboxylic acids is 1. The molecule has 88 valence electrons. The minimum absolute atomic E-state index is 0.0698. The molecule has 1 aromatic carbocycles. The third kappa shape index (κ3) is 2.12. The molecule has 0 fully saturated rings. The molecule has 0 aliphatic rings. The summed E-state index contributed by atoms with van der Waals surface area (Å²) in [6.07, 6.45) is 0. The summed E-state index contributed by atoms with van der Waals surface area (Å²) in [4.78, 5) is 15.0. The van der Waals surface area contributed by atoms with E-state index in [0.717, 1.165) is 11.3 Å². The van der Waals surface area contributed by atoms with Gasteiger partial charge in [-0.1, -0.05) is 0 Å². The minimum atomic E-state index is -1.13. The zero-order valence-electron chi connectivity index (χ0n) is 8.81. The number of aromatic nitrogens is 1. The first-order chi connectivity index (χ1) is 8.13. The van der Waals surface area contributed by atoms with E-state index < -0.39 is 11.8 Å². The number of methoxy groups -OCH3 is 1. The average Bonchev–Trinajstić information content (AvgIpc) is 2.77. The molecular formula is C11H8FNO3S. The third-order valence-corrected chi connectivity index (χ3v) is 3.06. The van der Waals surface area contributed by atoms with E-state index in [1.54, 1.807) is 6.07 Å². The molecule has 0 amide bonds. The van der Waals surface area contributed by atoms with Gasteiger partial charge in [0, 0.05) is 0 Å². The summed E-state index contributed by atoms with van der Waals surface area (Å²) in [5.74, 6) is -1.54. The summed E-state index contributed by atoms with van der Waals surface area (Å²) in [6, 6.07) is 4.29. The van der Waals surface area contributed by atoms with Gasteiger partial charge in [-0.2, -0.15) is 0 Å². The Kier molecular flexibility index (Phi) is 3.06. The molecule has 2 rings (SSSR count). The molecule has 0 aliphatic heterocycles. The molecular weight excluding hydrogens is 245 g/mol. The van der Waals surface area contributed by atoms with E-state index >= 15 is 0 Å². The van der Waals surface area contributed by atoms with E-state index in [9.17, 15) is 9.18 Å². The Morgan fingerprint density at radius 1 is 1.53 bits per heavy atom. The van der Waals surface area contributed by atoms with Gasteiger partial charge in [0.2, 0.25) is 0 Å². The average molecular weight is 253 g/mol. The van der Waals surface area contributed by atoms with Gasteiger partial charge in [0.1, 0.15) is 0 Å². The quantitative estimate of drug-likeness (QED) is 0.913. The summed E-state index contributed by atoms with van der Waals surface area (Å²) >= 11 is 1.15. The standard InChI is InChI=1S/C11H8FNO3S/c1-16-8-3-2-6(4-7(8)12)10-9(11(14)15)13-5-17-10/h2-5H,1H3,(H,14,15). The van der Waals surface area contributed by atoms with Crippen LogP contribution in [0.15, 0.2) is 23.7 Å². The highest BCUT2D eigenvalue weighted by molar-refractivity contribution is 7.13. The van der Waals surface area contributed by atoms with Gasteiger partial charge < -0.3 is 9.84 Å². The second-order valence-corrected chi connectivity index (χ2v) is 4.04. The molecule has 0 saturated heterocycles. The zero-order valence-corrected chi connectivity index (χ0v) is 9.62. The molecule has 1 heterocycles. The van der Waals surface area contributed by atoms with Gasteiger partial charge in [0.05, 0.1) is 17.5 Å². The first-order valence-corrected chi connectivity index (χ1v) is 5.52. The van der Waals surface area contributed by atoms with Crippen LogP contribution >= 0.6 is 11.3 Å². The Labute approximate surface area is 100 Å². The maximum atomic E-state index is 13.5. The summed E-state index contributed by atoms with van der Waals surface area (Å²) in [5.41, 5.74) is 1.82. The molecule has 0 aliphatic carbocycles. The summed E-state index contributed by atoms with van der Waals surface area (Å²) in [6.45, 7) is 0. The first-order valence-electron chi connectivity index (χ1n) is 4.64. The lowest BCUT2D eigenvalue weighted by atomic mass is 10.1. The lowest BCUT2D eigenvalue weighted by Gasteiger charge is -2.04. The highest BCUT2D eigenvalue weighted by atomic mass is 32.1. The van der Waals surface area contributed by atoms with Crippen LogP contribution in [0.3, 0.4) is 0 Å². The van der Waals surface area contributed by atoms with Crippen molar-refractivity contribution in [1.29, 1.82) is 0 Å². The molecule has 2 aromatic rings. The molecule has 4 nitrogen and oxygen atoms in total. The van der Waals surface area contributed by atoms with E-state index in [1.165, 1.54) is 24.8 Å². The van der Waals surface area contributed by atoms with Crippen molar-refractivity contribution in [2.75, 3.05) is 7.11 Å². The molecule has 1 aromatic heterocycles. The minimum Gasteiger partial charge on any atom is -0.494 e. The number of hydrogen-bond donors (Lipinski definition) is 1. The second kappa shape index (κ2) is 4.50. The van der Waals surface area contributed by atoms with Crippen molar-refractivity contribution < 1.29 is 19.0 Å². The molecule has 0 spiro atoms. The summed E-state index contributed by atoms with van der Waals surface area (Å²) in [5, 5.41) is 8.91. The number of carboxylic acids is 1. The number of hydrogen-bond acceptors (Lipinski definition) is 4. The highest BCUT2D eigenvalue weighted by Gasteiger charge is 2.16. The molecule has 6 heteroatoms. The van der Waals surface area contributed by atoms with Crippen LogP contribution in [0.1, 0.15) is 10.5 Å². The first kappa shape index (κ1) is 11.5. The van der Waals surface area contributed by atoms with Crippen LogP contribution < -0.4 is 4.74 Å². The van der Waals surface area contributed by atoms with Crippen LogP contribution in [0.5, 0.6) is 5.75 Å². The number of carbonyl (C=O) groups is 1. The maximum Gasteiger partial charge on any atom is 0.356 e. The molecule has 0 unspecified atom stereocenters. The van der Waals surface area contributed by atoms with Crippen molar-refractivity contribution in [1.82, 2.24) is 4.98 Å². The van der Waals surface area contributed by atoms with Crippen LogP contribution in [-0.2, 0) is 0 Å². The van der Waals surface area contributed by atoms with Gasteiger partial charge >= 0.3 is 5.97 Å². The van der Waals surface area contributed by atoms with Crippen molar-refractivity contribution >= 4 is 17.3 Å². The molecule has 0 radical (unpaired) electrons. The Morgan fingerprint density at radius 2 is 2.29 bits per heavy atom. The summed E-state index contributed by atoms with van der Waals surface area (Å²) in [7, 11) is 1.37. The van der Waals surface area contributed by atoms with Crippen molar-refractivity contribution in [2.45, 2.75) is 0 Å². The zero-order chi connectivity index (χ0) is 12.4. The number of benzene rings is 1. The maximum absolute atomic E-state index is 13.5. The van der Waals surface area contributed by atoms with Gasteiger partial charge in [-0.3, -0.25) is 0 Å². The van der Waals surface area contributed by atoms with Crippen molar-refractivity contribution in [3.05, 3.63) is 35.2 Å². The van der Waals surface area contributed by atoms with Crippen LogP contribution in [0, 0.1) is 5.82 Å². The Hall–Kier alpha value is -1.95. The monoisotopic (exact) mass is 253 g/mol.